The molecule has 24 heavy (non-hydrogen) atoms. The highest BCUT2D eigenvalue weighted by Crippen LogP contribution is 2.41. The molecule has 1 aliphatic heterocycles. The highest BCUT2D eigenvalue weighted by atomic mass is 16.4. The molecule has 0 bridgehead atoms. The normalized spacial score (nSPS) is 15.6. The molecule has 2 aromatic rings. The number of carboxylic acids is 1. The summed E-state index contributed by atoms with van der Waals surface area (Å²) in [5.74, 6) is -0.681. The van der Waals surface area contributed by atoms with Gasteiger partial charge in [-0.05, 0) is 56.2 Å². The minimum Gasteiger partial charge on any atom is -0.508 e. The molecule has 2 aromatic carbocycles. The van der Waals surface area contributed by atoms with Crippen LogP contribution in [-0.4, -0.2) is 21.7 Å². The Hall–Kier alpha value is -2.75. The number of carboxylic acid groups (broad SMARTS) is 1. The lowest BCUT2D eigenvalue weighted by atomic mass is 9.88. The van der Waals surface area contributed by atoms with E-state index in [4.69, 9.17) is 5.11 Å². The molecule has 0 saturated carbocycles. The van der Waals surface area contributed by atoms with Crippen LogP contribution in [0.2, 0.25) is 0 Å². The first-order chi connectivity index (χ1) is 11.3. The van der Waals surface area contributed by atoms with E-state index in [1.54, 1.807) is 24.3 Å². The summed E-state index contributed by atoms with van der Waals surface area (Å²) in [6.45, 7) is 6.98. The van der Waals surface area contributed by atoms with Gasteiger partial charge < -0.3 is 15.1 Å². The van der Waals surface area contributed by atoms with Gasteiger partial charge in [0.2, 0.25) is 0 Å². The van der Waals surface area contributed by atoms with Gasteiger partial charge in [-0.2, -0.15) is 0 Å². The van der Waals surface area contributed by atoms with E-state index in [0.717, 1.165) is 16.8 Å². The topological polar surface area (TPSA) is 60.8 Å². The van der Waals surface area contributed by atoms with Crippen LogP contribution < -0.4 is 4.90 Å². The smallest absolute Gasteiger partial charge is 0.335 e. The van der Waals surface area contributed by atoms with Crippen LogP contribution in [0, 0.1) is 0 Å². The van der Waals surface area contributed by atoms with Crippen molar-refractivity contribution in [2.24, 2.45) is 0 Å². The summed E-state index contributed by atoms with van der Waals surface area (Å²) in [6, 6.07) is 12.4. The fourth-order valence-corrected chi connectivity index (χ4v) is 3.30. The van der Waals surface area contributed by atoms with E-state index in [0.29, 0.717) is 6.54 Å². The summed E-state index contributed by atoms with van der Waals surface area (Å²) in [6.07, 6.45) is 2.22. The Bertz CT molecular complexity index is 819. The Morgan fingerprint density at radius 3 is 2.42 bits per heavy atom. The average molecular weight is 323 g/mol. The maximum atomic E-state index is 11.0. The van der Waals surface area contributed by atoms with Crippen molar-refractivity contribution >= 4 is 17.2 Å². The van der Waals surface area contributed by atoms with Crippen LogP contribution in [0.4, 0.5) is 5.69 Å². The van der Waals surface area contributed by atoms with Crippen LogP contribution in [0.5, 0.6) is 5.75 Å². The largest absolute Gasteiger partial charge is 0.508 e. The third-order valence-electron chi connectivity index (χ3n) is 4.50. The van der Waals surface area contributed by atoms with Crippen LogP contribution in [0.3, 0.4) is 0 Å². The highest BCUT2D eigenvalue weighted by Gasteiger charge is 2.31. The zero-order valence-corrected chi connectivity index (χ0v) is 14.1. The molecule has 0 fully saturated rings. The average Bonchev–Trinajstić information content (AvgIpc) is 2.51. The molecule has 0 amide bonds. The fraction of sp³-hybridized carbons (Fsp3) is 0.250. The molecule has 1 aliphatic rings. The van der Waals surface area contributed by atoms with Crippen LogP contribution in [0.1, 0.15) is 42.3 Å². The summed E-state index contributed by atoms with van der Waals surface area (Å²) >= 11 is 0. The van der Waals surface area contributed by atoms with E-state index < -0.39 is 5.97 Å². The van der Waals surface area contributed by atoms with Crippen molar-refractivity contribution in [3.8, 4) is 5.75 Å². The fourth-order valence-electron chi connectivity index (χ4n) is 3.30. The summed E-state index contributed by atoms with van der Waals surface area (Å²) < 4.78 is 0. The van der Waals surface area contributed by atoms with Gasteiger partial charge in [-0.1, -0.05) is 18.2 Å². The zero-order chi connectivity index (χ0) is 17.5. The van der Waals surface area contributed by atoms with Gasteiger partial charge in [-0.15, -0.1) is 0 Å². The SMILES string of the molecule is CC1=CC(C)(C)N(Cc2ccc(C(=O)O)cc2)c2cc(O)ccc21. The molecule has 0 saturated heterocycles. The third-order valence-corrected chi connectivity index (χ3v) is 4.50. The van der Waals surface area contributed by atoms with Crippen LogP contribution >= 0.6 is 0 Å². The Morgan fingerprint density at radius 1 is 1.12 bits per heavy atom. The Balaban J connectivity index is 2.00. The lowest BCUT2D eigenvalue weighted by Gasteiger charge is -2.43. The van der Waals surface area contributed by atoms with Gasteiger partial charge in [0.1, 0.15) is 5.75 Å². The van der Waals surface area contributed by atoms with Crippen molar-refractivity contribution in [2.75, 3.05) is 4.90 Å². The Kier molecular flexibility index (Phi) is 3.84. The molecule has 0 aromatic heterocycles. The second kappa shape index (κ2) is 5.71. The van der Waals surface area contributed by atoms with E-state index in [1.807, 2.05) is 18.2 Å². The first-order valence-electron chi connectivity index (χ1n) is 7.91. The third kappa shape index (κ3) is 2.87. The van der Waals surface area contributed by atoms with E-state index >= 15 is 0 Å². The van der Waals surface area contributed by atoms with Crippen LogP contribution in [0.25, 0.3) is 5.57 Å². The minimum atomic E-state index is -0.923. The molecule has 124 valence electrons. The molecule has 0 aliphatic carbocycles. The van der Waals surface area contributed by atoms with Crippen molar-refractivity contribution in [1.82, 2.24) is 0 Å². The van der Waals surface area contributed by atoms with Crippen molar-refractivity contribution in [1.29, 1.82) is 0 Å². The molecule has 3 rings (SSSR count). The van der Waals surface area contributed by atoms with Gasteiger partial charge in [0.15, 0.2) is 0 Å². The van der Waals surface area contributed by atoms with E-state index in [9.17, 15) is 9.90 Å². The summed E-state index contributed by atoms with van der Waals surface area (Å²) in [5.41, 5.74) is 4.38. The first kappa shape index (κ1) is 16.1. The lowest BCUT2D eigenvalue weighted by molar-refractivity contribution is 0.0697. The monoisotopic (exact) mass is 323 g/mol. The lowest BCUT2D eigenvalue weighted by Crippen LogP contribution is -2.44. The number of benzene rings is 2. The van der Waals surface area contributed by atoms with Gasteiger partial charge in [0.05, 0.1) is 11.1 Å². The minimum absolute atomic E-state index is 0.212. The first-order valence-corrected chi connectivity index (χ1v) is 7.91. The van der Waals surface area contributed by atoms with E-state index in [1.165, 1.54) is 5.57 Å². The number of hydrogen-bond donors (Lipinski definition) is 2. The summed E-state index contributed by atoms with van der Waals surface area (Å²) in [5, 5.41) is 18.9. The number of anilines is 1. The molecule has 0 radical (unpaired) electrons. The van der Waals surface area contributed by atoms with Crippen molar-refractivity contribution in [3.63, 3.8) is 0 Å². The summed E-state index contributed by atoms with van der Waals surface area (Å²) in [7, 11) is 0. The Morgan fingerprint density at radius 2 is 1.79 bits per heavy atom. The molecule has 0 unspecified atom stereocenters. The standard InChI is InChI=1S/C20H21NO3/c1-13-11-20(2,3)21(18-10-16(22)8-9-17(13)18)12-14-4-6-15(7-5-14)19(23)24/h4-11,22H,12H2,1-3H3,(H,23,24). The molecule has 0 spiro atoms. The number of allylic oxidation sites excluding steroid dienone is 1. The van der Waals surface area contributed by atoms with Gasteiger partial charge in [-0.25, -0.2) is 4.79 Å². The maximum Gasteiger partial charge on any atom is 0.335 e. The maximum absolute atomic E-state index is 11.0. The zero-order valence-electron chi connectivity index (χ0n) is 14.1. The molecule has 2 N–H and O–H groups in total. The number of nitrogens with zero attached hydrogens (tertiary/aromatic N) is 1. The highest BCUT2D eigenvalue weighted by molar-refractivity contribution is 5.87. The predicted octanol–water partition coefficient (Wildman–Crippen LogP) is 4.29. The van der Waals surface area contributed by atoms with Crippen LogP contribution in [0.15, 0.2) is 48.5 Å². The van der Waals surface area contributed by atoms with Crippen molar-refractivity contribution in [2.45, 2.75) is 32.9 Å². The molecular formula is C20H21NO3. The number of aromatic carboxylic acids is 1. The van der Waals surface area contributed by atoms with Gasteiger partial charge in [0.25, 0.3) is 0 Å². The van der Waals surface area contributed by atoms with Crippen molar-refractivity contribution in [3.05, 3.63) is 65.2 Å². The van der Waals surface area contributed by atoms with Crippen LogP contribution in [-0.2, 0) is 6.54 Å². The van der Waals surface area contributed by atoms with E-state index in [2.05, 4.69) is 31.7 Å². The number of phenols is 1. The number of phenolic OH excluding ortho intramolecular Hbond substituents is 1. The summed E-state index contributed by atoms with van der Waals surface area (Å²) in [4.78, 5) is 13.2. The van der Waals surface area contributed by atoms with Crippen molar-refractivity contribution < 1.29 is 15.0 Å². The second-order valence-electron chi connectivity index (χ2n) is 6.77. The quantitative estimate of drug-likeness (QED) is 0.884. The number of fused-ring (bicyclic) bond motifs is 1. The molecule has 4 heteroatoms. The van der Waals surface area contributed by atoms with Gasteiger partial charge >= 0.3 is 5.97 Å². The number of rotatable bonds is 3. The number of hydrogen-bond acceptors (Lipinski definition) is 3. The number of carbonyl (C=O) groups is 1. The van der Waals surface area contributed by atoms with E-state index in [-0.39, 0.29) is 16.9 Å². The number of aromatic hydroxyl groups is 1. The molecule has 0 atom stereocenters. The van der Waals surface area contributed by atoms with Gasteiger partial charge in [-0.3, -0.25) is 0 Å². The Labute approximate surface area is 141 Å². The second-order valence-corrected chi connectivity index (χ2v) is 6.77. The molecular weight excluding hydrogens is 302 g/mol. The van der Waals surface area contributed by atoms with Gasteiger partial charge in [0, 0.05) is 23.9 Å². The molecule has 4 nitrogen and oxygen atoms in total. The molecule has 1 heterocycles. The predicted molar refractivity (Wildman–Crippen MR) is 95.4 cm³/mol.